The lowest BCUT2D eigenvalue weighted by Gasteiger charge is -2.65. The number of carbonyl (C=O) groups is 1. The third-order valence-electron chi connectivity index (χ3n) is 12.9. The Hall–Kier alpha value is -0.910. The van der Waals surface area contributed by atoms with Crippen molar-refractivity contribution < 1.29 is 24.1 Å². The molecule has 1 N–H and O–H groups in total. The molecule has 3 saturated carbocycles. The molecule has 0 bridgehead atoms. The summed E-state index contributed by atoms with van der Waals surface area (Å²) < 4.78 is 19.0. The standard InChI is InChI=1S/C32H50O5/c1-20(2)18-21(33)19-30(7)25-11-12-29(6)23-8-9-24-27(3,4)32(35-16-17-36-32)15-14-28(24,5)22(23)10-13-31(25,29)26(34)37-30/h10,20-21,23-25,33H,8-9,11-19H2,1-7H3. The SMILES string of the molecule is CC(C)CC(O)CC1(C)OC(=O)C23CC=C4C(CCC5C4(C)CCC4(OCCO4)C5(C)C)C2(C)CCC13. The summed E-state index contributed by atoms with van der Waals surface area (Å²) in [5, 5.41) is 10.9. The number of hydrogen-bond acceptors (Lipinski definition) is 5. The number of rotatable bonds is 4. The normalized spacial score (nSPS) is 48.2. The second-order valence-corrected chi connectivity index (χ2v) is 15.3. The van der Waals surface area contributed by atoms with Gasteiger partial charge in [-0.1, -0.05) is 53.2 Å². The van der Waals surface area contributed by atoms with Crippen LogP contribution in [0.5, 0.6) is 0 Å². The zero-order valence-corrected chi connectivity index (χ0v) is 24.3. The zero-order valence-electron chi connectivity index (χ0n) is 24.3. The van der Waals surface area contributed by atoms with Crippen LogP contribution in [0, 0.1) is 45.3 Å². The van der Waals surface area contributed by atoms with Gasteiger partial charge in [-0.15, -0.1) is 0 Å². The van der Waals surface area contributed by atoms with Crippen molar-refractivity contribution in [1.29, 1.82) is 0 Å². The number of carbonyl (C=O) groups excluding carboxylic acids is 1. The highest BCUT2D eigenvalue weighted by Crippen LogP contribution is 2.76. The molecule has 0 aromatic heterocycles. The van der Waals surface area contributed by atoms with Crippen LogP contribution in [0.3, 0.4) is 0 Å². The van der Waals surface area contributed by atoms with Crippen LogP contribution >= 0.6 is 0 Å². The number of aliphatic hydroxyl groups is 1. The summed E-state index contributed by atoms with van der Waals surface area (Å²) in [5.41, 5.74) is 0.529. The molecule has 0 aromatic rings. The number of esters is 1. The van der Waals surface area contributed by atoms with Crippen molar-refractivity contribution in [2.45, 2.75) is 124 Å². The number of aliphatic hydroxyl groups excluding tert-OH is 1. The lowest BCUT2D eigenvalue weighted by atomic mass is 9.40. The van der Waals surface area contributed by atoms with Gasteiger partial charge in [-0.25, -0.2) is 0 Å². The Morgan fingerprint density at radius 2 is 1.68 bits per heavy atom. The molecule has 37 heavy (non-hydrogen) atoms. The van der Waals surface area contributed by atoms with Crippen molar-refractivity contribution in [3.63, 3.8) is 0 Å². The Bertz CT molecular complexity index is 993. The average Bonchev–Trinajstić information content (AvgIpc) is 3.45. The Morgan fingerprint density at radius 3 is 2.35 bits per heavy atom. The highest BCUT2D eigenvalue weighted by molar-refractivity contribution is 5.83. The predicted octanol–water partition coefficient (Wildman–Crippen LogP) is 6.43. The molecule has 2 aliphatic heterocycles. The van der Waals surface area contributed by atoms with Crippen molar-refractivity contribution in [2.24, 2.45) is 45.3 Å². The maximum atomic E-state index is 14.0. The van der Waals surface area contributed by atoms with E-state index in [0.29, 0.717) is 37.4 Å². The van der Waals surface area contributed by atoms with E-state index in [-0.39, 0.29) is 28.1 Å². The van der Waals surface area contributed by atoms with Gasteiger partial charge in [0.25, 0.3) is 0 Å². The van der Waals surface area contributed by atoms with Crippen molar-refractivity contribution >= 4 is 5.97 Å². The van der Waals surface area contributed by atoms with Gasteiger partial charge in [0.05, 0.1) is 24.7 Å². The van der Waals surface area contributed by atoms with E-state index in [1.165, 1.54) is 0 Å². The number of cyclic esters (lactones) is 1. The molecule has 2 spiro atoms. The van der Waals surface area contributed by atoms with E-state index in [0.717, 1.165) is 51.4 Å². The van der Waals surface area contributed by atoms with Gasteiger partial charge in [-0.05, 0) is 80.5 Å². The van der Waals surface area contributed by atoms with E-state index in [4.69, 9.17) is 14.2 Å². The predicted molar refractivity (Wildman–Crippen MR) is 143 cm³/mol. The summed E-state index contributed by atoms with van der Waals surface area (Å²) >= 11 is 0. The molecular weight excluding hydrogens is 464 g/mol. The van der Waals surface area contributed by atoms with Crippen molar-refractivity contribution in [3.8, 4) is 0 Å². The van der Waals surface area contributed by atoms with E-state index in [9.17, 15) is 9.90 Å². The van der Waals surface area contributed by atoms with Crippen LogP contribution in [0.15, 0.2) is 11.6 Å². The lowest BCUT2D eigenvalue weighted by molar-refractivity contribution is -0.285. The second-order valence-electron chi connectivity index (χ2n) is 15.3. The quantitative estimate of drug-likeness (QED) is 0.346. The number of allylic oxidation sites excluding steroid dienone is 2. The fraction of sp³-hybridized carbons (Fsp3) is 0.906. The highest BCUT2D eigenvalue weighted by atomic mass is 16.7. The molecule has 2 saturated heterocycles. The Balaban J connectivity index is 1.35. The molecule has 5 nitrogen and oxygen atoms in total. The molecule has 0 aromatic carbocycles. The zero-order chi connectivity index (χ0) is 26.6. The van der Waals surface area contributed by atoms with Gasteiger partial charge in [0.15, 0.2) is 5.79 Å². The average molecular weight is 515 g/mol. The largest absolute Gasteiger partial charge is 0.458 e. The van der Waals surface area contributed by atoms with Gasteiger partial charge < -0.3 is 19.3 Å². The minimum atomic E-state index is -0.577. The van der Waals surface area contributed by atoms with Crippen LogP contribution in [-0.2, 0) is 19.0 Å². The van der Waals surface area contributed by atoms with Crippen molar-refractivity contribution in [3.05, 3.63) is 11.6 Å². The molecule has 0 amide bonds. The van der Waals surface area contributed by atoms with Gasteiger partial charge in [-0.2, -0.15) is 0 Å². The number of hydrogen-bond donors (Lipinski definition) is 1. The summed E-state index contributed by atoms with van der Waals surface area (Å²) in [4.78, 5) is 14.0. The molecular formula is C32H50O5. The first-order valence-electron chi connectivity index (χ1n) is 15.2. The first-order chi connectivity index (χ1) is 17.3. The molecule has 4 aliphatic carbocycles. The van der Waals surface area contributed by atoms with Gasteiger partial charge in [0.1, 0.15) is 5.60 Å². The van der Waals surface area contributed by atoms with E-state index < -0.39 is 22.9 Å². The summed E-state index contributed by atoms with van der Waals surface area (Å²) in [7, 11) is 0. The van der Waals surface area contributed by atoms with Crippen LogP contribution in [0.25, 0.3) is 0 Å². The summed E-state index contributed by atoms with van der Waals surface area (Å²) in [6, 6.07) is 0. The second kappa shape index (κ2) is 8.07. The van der Waals surface area contributed by atoms with Crippen LogP contribution < -0.4 is 0 Å². The summed E-state index contributed by atoms with van der Waals surface area (Å²) in [5.74, 6) is 1.07. The summed E-state index contributed by atoms with van der Waals surface area (Å²) in [6.07, 6.45) is 10.5. The molecule has 5 heteroatoms. The first kappa shape index (κ1) is 26.3. The first-order valence-corrected chi connectivity index (χ1v) is 15.2. The third kappa shape index (κ3) is 3.17. The minimum Gasteiger partial charge on any atom is -0.458 e. The Morgan fingerprint density at radius 1 is 0.973 bits per heavy atom. The maximum Gasteiger partial charge on any atom is 0.313 e. The molecule has 8 unspecified atom stereocenters. The van der Waals surface area contributed by atoms with Crippen LogP contribution in [0.4, 0.5) is 0 Å². The highest BCUT2D eigenvalue weighted by Gasteiger charge is 2.76. The monoisotopic (exact) mass is 514 g/mol. The molecule has 5 fully saturated rings. The maximum absolute atomic E-state index is 14.0. The summed E-state index contributed by atoms with van der Waals surface area (Å²) in [6.45, 7) is 17.5. The number of ether oxygens (including phenoxy) is 3. The smallest absolute Gasteiger partial charge is 0.313 e. The van der Waals surface area contributed by atoms with Crippen molar-refractivity contribution in [2.75, 3.05) is 13.2 Å². The molecule has 2 heterocycles. The molecule has 6 aliphatic rings. The fourth-order valence-electron chi connectivity index (χ4n) is 11.3. The van der Waals surface area contributed by atoms with E-state index in [1.54, 1.807) is 5.57 Å². The Labute approximate surface area is 224 Å². The fourth-order valence-corrected chi connectivity index (χ4v) is 11.3. The molecule has 208 valence electrons. The third-order valence-corrected chi connectivity index (χ3v) is 12.9. The lowest BCUT2D eigenvalue weighted by Crippen LogP contribution is -2.63. The van der Waals surface area contributed by atoms with E-state index in [2.05, 4.69) is 54.5 Å². The van der Waals surface area contributed by atoms with Crippen LogP contribution in [0.1, 0.15) is 106 Å². The van der Waals surface area contributed by atoms with Gasteiger partial charge >= 0.3 is 5.97 Å². The topological polar surface area (TPSA) is 65.0 Å². The van der Waals surface area contributed by atoms with Gasteiger partial charge in [0, 0.05) is 24.2 Å². The molecule has 0 radical (unpaired) electrons. The van der Waals surface area contributed by atoms with E-state index in [1.807, 2.05) is 0 Å². The van der Waals surface area contributed by atoms with Crippen LogP contribution in [0.2, 0.25) is 0 Å². The number of fused-ring (bicyclic) bond motifs is 4. The van der Waals surface area contributed by atoms with Gasteiger partial charge in [-0.3, -0.25) is 4.79 Å². The van der Waals surface area contributed by atoms with Crippen molar-refractivity contribution in [1.82, 2.24) is 0 Å². The molecule has 6 rings (SSSR count). The Kier molecular flexibility index (Phi) is 5.74. The molecule has 8 atom stereocenters. The van der Waals surface area contributed by atoms with Gasteiger partial charge in [0.2, 0.25) is 0 Å². The van der Waals surface area contributed by atoms with E-state index >= 15 is 0 Å². The van der Waals surface area contributed by atoms with Crippen LogP contribution in [-0.4, -0.2) is 41.8 Å². The minimum absolute atomic E-state index is 0.00926.